The van der Waals surface area contributed by atoms with Crippen molar-refractivity contribution in [3.05, 3.63) is 47.3 Å². The Morgan fingerprint density at radius 2 is 2.11 bits per heavy atom. The number of hydrogen-bond acceptors (Lipinski definition) is 3. The molecular formula is C14H18FN3O. The summed E-state index contributed by atoms with van der Waals surface area (Å²) in [7, 11) is 0. The minimum atomic E-state index is -0.781. The molecule has 0 saturated heterocycles. The molecule has 0 aliphatic heterocycles. The lowest BCUT2D eigenvalue weighted by atomic mass is 10.0. The summed E-state index contributed by atoms with van der Waals surface area (Å²) in [4.78, 5) is 4.14. The van der Waals surface area contributed by atoms with Crippen LogP contribution in [0.25, 0.3) is 0 Å². The van der Waals surface area contributed by atoms with Crippen molar-refractivity contribution in [2.75, 3.05) is 0 Å². The minimum absolute atomic E-state index is 0.180. The Morgan fingerprint density at radius 3 is 2.74 bits per heavy atom. The van der Waals surface area contributed by atoms with Crippen LogP contribution in [-0.4, -0.2) is 19.9 Å². The molecule has 1 unspecified atom stereocenters. The molecule has 4 nitrogen and oxygen atoms in total. The van der Waals surface area contributed by atoms with Gasteiger partial charge < -0.3 is 5.11 Å². The van der Waals surface area contributed by atoms with E-state index in [-0.39, 0.29) is 11.9 Å². The van der Waals surface area contributed by atoms with E-state index in [1.54, 1.807) is 23.7 Å². The second-order valence-electron chi connectivity index (χ2n) is 4.94. The van der Waals surface area contributed by atoms with Crippen LogP contribution >= 0.6 is 0 Å². The third-order valence-electron chi connectivity index (χ3n) is 3.09. The Kier molecular flexibility index (Phi) is 3.95. The normalized spacial score (nSPS) is 12.9. The summed E-state index contributed by atoms with van der Waals surface area (Å²) in [5.41, 5.74) is 1.13. The van der Waals surface area contributed by atoms with E-state index in [1.165, 1.54) is 12.4 Å². The first-order valence-electron chi connectivity index (χ1n) is 6.31. The first kappa shape index (κ1) is 13.7. The zero-order valence-corrected chi connectivity index (χ0v) is 11.3. The Labute approximate surface area is 111 Å². The van der Waals surface area contributed by atoms with E-state index in [0.29, 0.717) is 23.4 Å². The van der Waals surface area contributed by atoms with Crippen LogP contribution in [0.4, 0.5) is 4.39 Å². The predicted octanol–water partition coefficient (Wildman–Crippen LogP) is 2.58. The highest BCUT2D eigenvalue weighted by atomic mass is 19.1. The number of rotatable bonds is 4. The van der Waals surface area contributed by atoms with E-state index >= 15 is 0 Å². The average molecular weight is 263 g/mol. The maximum atomic E-state index is 13.5. The summed E-state index contributed by atoms with van der Waals surface area (Å²) in [6.07, 6.45) is 1.01. The van der Waals surface area contributed by atoms with Crippen molar-refractivity contribution in [1.82, 2.24) is 14.8 Å². The molecule has 0 saturated carbocycles. The quantitative estimate of drug-likeness (QED) is 0.922. The third-order valence-corrected chi connectivity index (χ3v) is 3.09. The van der Waals surface area contributed by atoms with Crippen LogP contribution < -0.4 is 0 Å². The molecule has 0 radical (unpaired) electrons. The van der Waals surface area contributed by atoms with Crippen molar-refractivity contribution in [3.8, 4) is 0 Å². The van der Waals surface area contributed by atoms with E-state index in [0.717, 1.165) is 0 Å². The highest BCUT2D eigenvalue weighted by molar-refractivity contribution is 5.25. The van der Waals surface area contributed by atoms with Crippen LogP contribution in [0, 0.1) is 12.7 Å². The van der Waals surface area contributed by atoms with Gasteiger partial charge in [0.15, 0.2) is 0 Å². The van der Waals surface area contributed by atoms with E-state index in [4.69, 9.17) is 0 Å². The number of aromatic nitrogens is 3. The van der Waals surface area contributed by atoms with Crippen LogP contribution in [-0.2, 0) is 6.42 Å². The molecule has 1 aromatic heterocycles. The number of nitrogens with zero attached hydrogens (tertiary/aromatic N) is 3. The first-order chi connectivity index (χ1) is 8.99. The van der Waals surface area contributed by atoms with Crippen LogP contribution in [0.5, 0.6) is 0 Å². The number of hydrogen-bond donors (Lipinski definition) is 1. The zero-order valence-electron chi connectivity index (χ0n) is 11.3. The molecule has 5 heteroatoms. The molecule has 19 heavy (non-hydrogen) atoms. The molecule has 0 fully saturated rings. The number of aryl methyl sites for hydroxylation is 1. The maximum Gasteiger partial charge on any atom is 0.138 e. The van der Waals surface area contributed by atoms with Gasteiger partial charge in [0.2, 0.25) is 0 Å². The lowest BCUT2D eigenvalue weighted by Gasteiger charge is -2.14. The van der Waals surface area contributed by atoms with E-state index in [9.17, 15) is 9.50 Å². The van der Waals surface area contributed by atoms with Gasteiger partial charge in [-0.15, -0.1) is 0 Å². The standard InChI is InChI=1S/C14H18FN3O/c1-9(2)18-14(16-8-17-18)7-13(19)11-5-4-10(3)12(15)6-11/h4-6,8-9,13,19H,7H2,1-3H3. The molecule has 0 aliphatic carbocycles. The Bertz CT molecular complexity index is 566. The highest BCUT2D eigenvalue weighted by Gasteiger charge is 2.15. The predicted molar refractivity (Wildman–Crippen MR) is 70.2 cm³/mol. The van der Waals surface area contributed by atoms with Crippen molar-refractivity contribution < 1.29 is 9.50 Å². The van der Waals surface area contributed by atoms with Gasteiger partial charge >= 0.3 is 0 Å². The van der Waals surface area contributed by atoms with Crippen LogP contribution in [0.15, 0.2) is 24.5 Å². The summed E-state index contributed by atoms with van der Waals surface area (Å²) >= 11 is 0. The second-order valence-corrected chi connectivity index (χ2v) is 4.94. The lowest BCUT2D eigenvalue weighted by molar-refractivity contribution is 0.173. The van der Waals surface area contributed by atoms with E-state index < -0.39 is 6.10 Å². The van der Waals surface area contributed by atoms with Gasteiger partial charge in [0.25, 0.3) is 0 Å². The molecule has 1 heterocycles. The van der Waals surface area contributed by atoms with Crippen molar-refractivity contribution in [2.45, 2.75) is 39.3 Å². The molecule has 1 atom stereocenters. The van der Waals surface area contributed by atoms with Gasteiger partial charge in [-0.05, 0) is 38.0 Å². The maximum absolute atomic E-state index is 13.5. The monoisotopic (exact) mass is 263 g/mol. The van der Waals surface area contributed by atoms with Crippen molar-refractivity contribution >= 4 is 0 Å². The summed E-state index contributed by atoms with van der Waals surface area (Å²) in [5, 5.41) is 14.3. The van der Waals surface area contributed by atoms with Crippen molar-refractivity contribution in [3.63, 3.8) is 0 Å². The fourth-order valence-electron chi connectivity index (χ4n) is 1.96. The lowest BCUT2D eigenvalue weighted by Crippen LogP contribution is -2.12. The van der Waals surface area contributed by atoms with Gasteiger partial charge in [-0.2, -0.15) is 5.10 Å². The van der Waals surface area contributed by atoms with Crippen LogP contribution in [0.2, 0.25) is 0 Å². The Morgan fingerprint density at radius 1 is 1.37 bits per heavy atom. The van der Waals surface area contributed by atoms with Gasteiger partial charge in [-0.25, -0.2) is 14.1 Å². The molecule has 102 valence electrons. The zero-order chi connectivity index (χ0) is 14.0. The fourth-order valence-corrected chi connectivity index (χ4v) is 1.96. The molecule has 1 N–H and O–H groups in total. The van der Waals surface area contributed by atoms with Gasteiger partial charge in [0.1, 0.15) is 18.0 Å². The Balaban J connectivity index is 2.18. The molecule has 0 amide bonds. The second kappa shape index (κ2) is 5.48. The molecular weight excluding hydrogens is 245 g/mol. The largest absolute Gasteiger partial charge is 0.388 e. The van der Waals surface area contributed by atoms with E-state index in [1.807, 2.05) is 13.8 Å². The van der Waals surface area contributed by atoms with Gasteiger partial charge in [-0.1, -0.05) is 12.1 Å². The number of benzene rings is 1. The average Bonchev–Trinajstić information content (AvgIpc) is 2.80. The molecule has 2 rings (SSSR count). The van der Waals surface area contributed by atoms with Gasteiger partial charge in [0.05, 0.1) is 6.10 Å². The number of halogens is 1. The number of aliphatic hydroxyl groups excluding tert-OH is 1. The molecule has 0 spiro atoms. The molecule has 1 aromatic carbocycles. The smallest absolute Gasteiger partial charge is 0.138 e. The summed E-state index contributed by atoms with van der Waals surface area (Å²) in [6, 6.07) is 4.95. The topological polar surface area (TPSA) is 50.9 Å². The summed E-state index contributed by atoms with van der Waals surface area (Å²) < 4.78 is 15.2. The Hall–Kier alpha value is -1.75. The molecule has 2 aromatic rings. The van der Waals surface area contributed by atoms with Gasteiger partial charge in [-0.3, -0.25) is 0 Å². The van der Waals surface area contributed by atoms with Crippen LogP contribution in [0.1, 0.15) is 42.9 Å². The summed E-state index contributed by atoms with van der Waals surface area (Å²) in [6.45, 7) is 5.69. The fraction of sp³-hybridized carbons (Fsp3) is 0.429. The highest BCUT2D eigenvalue weighted by Crippen LogP contribution is 2.20. The van der Waals surface area contributed by atoms with E-state index in [2.05, 4.69) is 10.1 Å². The third kappa shape index (κ3) is 2.98. The molecule has 0 bridgehead atoms. The minimum Gasteiger partial charge on any atom is -0.388 e. The number of aliphatic hydroxyl groups is 1. The van der Waals surface area contributed by atoms with Crippen molar-refractivity contribution in [2.24, 2.45) is 0 Å². The summed E-state index contributed by atoms with van der Waals surface area (Å²) in [5.74, 6) is 0.394. The van der Waals surface area contributed by atoms with Crippen molar-refractivity contribution in [1.29, 1.82) is 0 Å². The van der Waals surface area contributed by atoms with Gasteiger partial charge in [0, 0.05) is 12.5 Å². The first-order valence-corrected chi connectivity index (χ1v) is 6.31. The SMILES string of the molecule is Cc1ccc(C(O)Cc2ncnn2C(C)C)cc1F. The molecule has 0 aliphatic rings. The van der Waals surface area contributed by atoms with Crippen LogP contribution in [0.3, 0.4) is 0 Å².